The second-order valence-electron chi connectivity index (χ2n) is 7.79. The predicted octanol–water partition coefficient (Wildman–Crippen LogP) is 2.73. The summed E-state index contributed by atoms with van der Waals surface area (Å²) < 4.78 is 16.9. The smallest absolute Gasteiger partial charge is 0.258 e. The minimum absolute atomic E-state index is 0.0123. The van der Waals surface area contributed by atoms with Gasteiger partial charge in [0.05, 0.1) is 25.3 Å². The van der Waals surface area contributed by atoms with Crippen LogP contribution >= 0.6 is 0 Å². The Hall–Kier alpha value is -2.28. The van der Waals surface area contributed by atoms with Gasteiger partial charge in [-0.1, -0.05) is 0 Å². The predicted molar refractivity (Wildman–Crippen MR) is 109 cm³/mol. The number of methoxy groups -OCH3 is 2. The molecule has 1 aromatic carbocycles. The summed E-state index contributed by atoms with van der Waals surface area (Å²) in [7, 11) is 3.26. The quantitative estimate of drug-likeness (QED) is 0.729. The number of rotatable bonds is 6. The van der Waals surface area contributed by atoms with E-state index in [1.807, 2.05) is 21.9 Å². The molecule has 0 N–H and O–H groups in total. The van der Waals surface area contributed by atoms with E-state index in [2.05, 4.69) is 0 Å². The van der Waals surface area contributed by atoms with Gasteiger partial charge < -0.3 is 24.0 Å². The zero-order chi connectivity index (χ0) is 20.8. The zero-order valence-electron chi connectivity index (χ0n) is 17.7. The van der Waals surface area contributed by atoms with Crippen molar-refractivity contribution in [2.24, 2.45) is 0 Å². The highest BCUT2D eigenvalue weighted by molar-refractivity contribution is 5.97. The number of nitrogens with zero attached hydrogens (tertiary/aromatic N) is 2. The van der Waals surface area contributed by atoms with Crippen molar-refractivity contribution < 1.29 is 23.8 Å². The van der Waals surface area contributed by atoms with Gasteiger partial charge in [-0.3, -0.25) is 9.59 Å². The Morgan fingerprint density at radius 2 is 1.83 bits per heavy atom. The lowest BCUT2D eigenvalue weighted by Gasteiger charge is -2.36. The minimum Gasteiger partial charge on any atom is -0.497 e. The average Bonchev–Trinajstić information content (AvgIpc) is 2.74. The lowest BCUT2D eigenvalue weighted by Crippen LogP contribution is -2.46. The van der Waals surface area contributed by atoms with Crippen LogP contribution in [0.25, 0.3) is 0 Å². The molecule has 7 heteroatoms. The number of carbonyl (C=O) groups excluding carboxylic acids is 2. The summed E-state index contributed by atoms with van der Waals surface area (Å²) in [6, 6.07) is 5.48. The molecule has 1 atom stereocenters. The van der Waals surface area contributed by atoms with E-state index in [1.165, 1.54) is 0 Å². The molecule has 0 saturated carbocycles. The molecule has 29 heavy (non-hydrogen) atoms. The van der Waals surface area contributed by atoms with Crippen LogP contribution in [0.4, 0.5) is 0 Å². The number of likely N-dealkylation sites (tertiary alicyclic amines) is 2. The Morgan fingerprint density at radius 1 is 1.07 bits per heavy atom. The Labute approximate surface area is 172 Å². The molecule has 0 aromatic heterocycles. The first kappa shape index (κ1) is 21.4. The van der Waals surface area contributed by atoms with Gasteiger partial charge >= 0.3 is 0 Å². The van der Waals surface area contributed by atoms with E-state index in [9.17, 15) is 9.59 Å². The molecule has 0 spiro atoms. The van der Waals surface area contributed by atoms with Gasteiger partial charge in [-0.25, -0.2) is 0 Å². The Kier molecular flexibility index (Phi) is 7.36. The summed E-state index contributed by atoms with van der Waals surface area (Å²) in [5.41, 5.74) is 0.529. The van der Waals surface area contributed by atoms with E-state index >= 15 is 0 Å². The highest BCUT2D eigenvalue weighted by Crippen LogP contribution is 2.30. The number of benzene rings is 1. The summed E-state index contributed by atoms with van der Waals surface area (Å²) >= 11 is 0. The van der Waals surface area contributed by atoms with Gasteiger partial charge in [0.2, 0.25) is 5.91 Å². The first-order chi connectivity index (χ1) is 14.0. The van der Waals surface area contributed by atoms with Gasteiger partial charge in [-0.15, -0.1) is 0 Å². The molecule has 3 rings (SSSR count). The Morgan fingerprint density at radius 3 is 2.48 bits per heavy atom. The summed E-state index contributed by atoms with van der Waals surface area (Å²) in [6.45, 7) is 4.22. The molecule has 1 aromatic rings. The summed E-state index contributed by atoms with van der Waals surface area (Å²) in [5, 5.41) is 0. The summed E-state index contributed by atoms with van der Waals surface area (Å²) in [5.74, 6) is 1.27. The minimum atomic E-state index is -0.0400. The molecule has 2 heterocycles. The number of hydrogen-bond acceptors (Lipinski definition) is 5. The van der Waals surface area contributed by atoms with Crippen molar-refractivity contribution in [1.29, 1.82) is 0 Å². The fourth-order valence-electron chi connectivity index (χ4n) is 4.16. The molecule has 2 aliphatic heterocycles. The van der Waals surface area contributed by atoms with Crippen LogP contribution in [0.15, 0.2) is 18.2 Å². The third kappa shape index (κ3) is 5.21. The maximum absolute atomic E-state index is 13.4. The van der Waals surface area contributed by atoms with Crippen LogP contribution in [0.1, 0.15) is 49.4 Å². The lowest BCUT2D eigenvalue weighted by molar-refractivity contribution is -0.130. The van der Waals surface area contributed by atoms with Crippen LogP contribution in [-0.2, 0) is 9.53 Å². The van der Waals surface area contributed by atoms with Crippen molar-refractivity contribution in [3.63, 3.8) is 0 Å². The third-order valence-corrected chi connectivity index (χ3v) is 5.85. The lowest BCUT2D eigenvalue weighted by atomic mass is 10.0. The van der Waals surface area contributed by atoms with Crippen molar-refractivity contribution in [3.05, 3.63) is 23.8 Å². The van der Waals surface area contributed by atoms with Crippen molar-refractivity contribution in [1.82, 2.24) is 9.80 Å². The number of hydrogen-bond donors (Lipinski definition) is 0. The van der Waals surface area contributed by atoms with E-state index < -0.39 is 0 Å². The molecule has 2 amide bonds. The number of piperidine rings is 2. The molecule has 0 unspecified atom stereocenters. The van der Waals surface area contributed by atoms with E-state index in [-0.39, 0.29) is 24.0 Å². The summed E-state index contributed by atoms with van der Waals surface area (Å²) in [6.07, 6.45) is 4.55. The largest absolute Gasteiger partial charge is 0.497 e. The van der Waals surface area contributed by atoms with Crippen molar-refractivity contribution in [3.8, 4) is 11.5 Å². The topological polar surface area (TPSA) is 68.3 Å². The third-order valence-electron chi connectivity index (χ3n) is 5.85. The highest BCUT2D eigenvalue weighted by Gasteiger charge is 2.30. The molecule has 0 bridgehead atoms. The van der Waals surface area contributed by atoms with Gasteiger partial charge in [0.1, 0.15) is 17.6 Å². The molecule has 0 aliphatic carbocycles. The SMILES string of the molecule is COC[C@H]1CCCCN1C(=O)c1cc(OC)ccc1OC1CCN(C(C)=O)CC1. The van der Waals surface area contributed by atoms with Crippen LogP contribution in [0.3, 0.4) is 0 Å². The molecule has 7 nitrogen and oxygen atoms in total. The number of carbonyl (C=O) groups is 2. The fraction of sp³-hybridized carbons (Fsp3) is 0.636. The van der Waals surface area contributed by atoms with Gasteiger partial charge in [-0.05, 0) is 37.5 Å². The van der Waals surface area contributed by atoms with Crippen LogP contribution < -0.4 is 9.47 Å². The van der Waals surface area contributed by atoms with Crippen LogP contribution in [0.5, 0.6) is 11.5 Å². The highest BCUT2D eigenvalue weighted by atomic mass is 16.5. The van der Waals surface area contributed by atoms with E-state index in [1.54, 1.807) is 27.2 Å². The molecule has 2 saturated heterocycles. The first-order valence-corrected chi connectivity index (χ1v) is 10.4. The fourth-order valence-corrected chi connectivity index (χ4v) is 4.16. The number of amides is 2. The Balaban J connectivity index is 1.78. The van der Waals surface area contributed by atoms with Crippen LogP contribution in [-0.4, -0.2) is 74.2 Å². The normalized spacial score (nSPS) is 20.4. The maximum atomic E-state index is 13.4. The molecule has 2 fully saturated rings. The zero-order valence-corrected chi connectivity index (χ0v) is 17.7. The van der Waals surface area contributed by atoms with Crippen LogP contribution in [0, 0.1) is 0 Å². The maximum Gasteiger partial charge on any atom is 0.258 e. The van der Waals surface area contributed by atoms with E-state index in [4.69, 9.17) is 14.2 Å². The molecular formula is C22H32N2O5. The summed E-state index contributed by atoms with van der Waals surface area (Å²) in [4.78, 5) is 28.7. The van der Waals surface area contributed by atoms with Crippen LogP contribution in [0.2, 0.25) is 0 Å². The molecule has 2 aliphatic rings. The van der Waals surface area contributed by atoms with E-state index in [0.717, 1.165) is 38.6 Å². The standard InChI is InChI=1S/C22H32N2O5/c1-16(25)23-12-9-18(10-13-23)29-21-8-7-19(28-3)14-20(21)22(26)24-11-5-4-6-17(24)15-27-2/h7-8,14,17-18H,4-6,9-13,15H2,1-3H3/t17-/m1/s1. The molecular weight excluding hydrogens is 372 g/mol. The molecule has 0 radical (unpaired) electrons. The van der Waals surface area contributed by atoms with Crippen molar-refractivity contribution in [2.75, 3.05) is 40.5 Å². The van der Waals surface area contributed by atoms with Crippen molar-refractivity contribution in [2.45, 2.75) is 51.2 Å². The average molecular weight is 405 g/mol. The number of ether oxygens (including phenoxy) is 3. The van der Waals surface area contributed by atoms with Crippen molar-refractivity contribution >= 4 is 11.8 Å². The molecule has 160 valence electrons. The monoisotopic (exact) mass is 404 g/mol. The van der Waals surface area contributed by atoms with Gasteiger partial charge in [0.25, 0.3) is 5.91 Å². The Bertz CT molecular complexity index is 713. The van der Waals surface area contributed by atoms with Gasteiger partial charge in [0.15, 0.2) is 0 Å². The van der Waals surface area contributed by atoms with Gasteiger partial charge in [0, 0.05) is 46.5 Å². The second kappa shape index (κ2) is 9.96. The van der Waals surface area contributed by atoms with Gasteiger partial charge in [-0.2, -0.15) is 0 Å². The van der Waals surface area contributed by atoms with E-state index in [0.29, 0.717) is 36.8 Å². The first-order valence-electron chi connectivity index (χ1n) is 10.4. The second-order valence-corrected chi connectivity index (χ2v) is 7.79.